The fraction of sp³-hybridized carbons (Fsp3) is 0.417. The summed E-state index contributed by atoms with van der Waals surface area (Å²) in [5.41, 5.74) is 1.39. The largest absolute Gasteiger partial charge is 0.207 e. The molecule has 0 saturated carbocycles. The van der Waals surface area contributed by atoms with Gasteiger partial charge in [0, 0.05) is 0 Å². The molecule has 0 aliphatic carbocycles. The molecule has 0 saturated heterocycles. The monoisotopic (exact) mass is 191 g/mol. The van der Waals surface area contributed by atoms with E-state index in [0.717, 1.165) is 12.0 Å². The molecule has 0 radical (unpaired) electrons. The molecule has 0 amide bonds. The lowest BCUT2D eigenvalue weighted by molar-refractivity contribution is 0.410. The van der Waals surface area contributed by atoms with Crippen LogP contribution in [0, 0.1) is 22.6 Å². The summed E-state index contributed by atoms with van der Waals surface area (Å²) in [5, 5.41) is 8.67. The highest BCUT2D eigenvalue weighted by molar-refractivity contribution is 5.34. The standard InChI is InChI=1S/C12H14FN/c1-12(2,3)7-9-4-10(8-14)6-11(13)5-9/h4-6H,7H2,1-3H3. The molecule has 0 aliphatic rings. The maximum atomic E-state index is 13.0. The molecule has 0 aromatic heterocycles. The Labute approximate surface area is 84.2 Å². The first-order chi connectivity index (χ1) is 6.40. The average molecular weight is 191 g/mol. The zero-order valence-corrected chi connectivity index (χ0v) is 8.76. The highest BCUT2D eigenvalue weighted by atomic mass is 19.1. The Morgan fingerprint density at radius 2 is 1.93 bits per heavy atom. The molecule has 0 atom stereocenters. The van der Waals surface area contributed by atoms with E-state index < -0.39 is 0 Å². The minimum absolute atomic E-state index is 0.112. The Balaban J connectivity index is 3.00. The molecule has 1 aromatic rings. The number of benzene rings is 1. The Bertz CT molecular complexity index is 369. The first-order valence-electron chi connectivity index (χ1n) is 4.60. The molecule has 0 spiro atoms. The van der Waals surface area contributed by atoms with Crippen molar-refractivity contribution in [3.05, 3.63) is 35.1 Å². The fourth-order valence-electron chi connectivity index (χ4n) is 1.43. The highest BCUT2D eigenvalue weighted by Crippen LogP contribution is 2.21. The predicted octanol–water partition coefficient (Wildman–Crippen LogP) is 3.29. The van der Waals surface area contributed by atoms with Crippen molar-refractivity contribution in [1.82, 2.24) is 0 Å². The molecule has 1 rings (SSSR count). The Hall–Kier alpha value is -1.36. The van der Waals surface area contributed by atoms with Crippen molar-refractivity contribution >= 4 is 0 Å². The van der Waals surface area contributed by atoms with Gasteiger partial charge in [-0.1, -0.05) is 20.8 Å². The molecular formula is C12H14FN. The summed E-state index contributed by atoms with van der Waals surface area (Å²) in [6.45, 7) is 6.26. The molecule has 1 aromatic carbocycles. The molecule has 1 nitrogen and oxygen atoms in total. The second kappa shape index (κ2) is 3.79. The molecule has 2 heteroatoms. The van der Waals surface area contributed by atoms with E-state index in [0.29, 0.717) is 5.56 Å². The van der Waals surface area contributed by atoms with Crippen LogP contribution in [0.4, 0.5) is 4.39 Å². The molecular weight excluding hydrogens is 177 g/mol. The van der Waals surface area contributed by atoms with Crippen molar-refractivity contribution in [3.63, 3.8) is 0 Å². The summed E-state index contributed by atoms with van der Waals surface area (Å²) in [6, 6.07) is 6.45. The van der Waals surface area contributed by atoms with Gasteiger partial charge < -0.3 is 0 Å². The van der Waals surface area contributed by atoms with Crippen LogP contribution in [0.3, 0.4) is 0 Å². The van der Waals surface area contributed by atoms with E-state index in [2.05, 4.69) is 20.8 Å². The summed E-state index contributed by atoms with van der Waals surface area (Å²) in [5.74, 6) is -0.330. The summed E-state index contributed by atoms with van der Waals surface area (Å²) in [4.78, 5) is 0. The quantitative estimate of drug-likeness (QED) is 0.668. The first-order valence-corrected chi connectivity index (χ1v) is 4.60. The van der Waals surface area contributed by atoms with Crippen LogP contribution in [0.1, 0.15) is 31.9 Å². The number of nitriles is 1. The van der Waals surface area contributed by atoms with Gasteiger partial charge in [0.1, 0.15) is 5.82 Å². The van der Waals surface area contributed by atoms with E-state index in [9.17, 15) is 4.39 Å². The molecule has 0 aliphatic heterocycles. The molecule has 0 heterocycles. The van der Waals surface area contributed by atoms with Gasteiger partial charge in [0.25, 0.3) is 0 Å². The summed E-state index contributed by atoms with van der Waals surface area (Å²) < 4.78 is 13.0. The van der Waals surface area contributed by atoms with Crippen molar-refractivity contribution in [2.24, 2.45) is 5.41 Å². The van der Waals surface area contributed by atoms with Crippen molar-refractivity contribution in [2.45, 2.75) is 27.2 Å². The van der Waals surface area contributed by atoms with E-state index in [1.165, 1.54) is 12.1 Å². The third-order valence-electron chi connectivity index (χ3n) is 1.82. The smallest absolute Gasteiger partial charge is 0.124 e. The molecule has 0 N–H and O–H groups in total. The van der Waals surface area contributed by atoms with Gasteiger partial charge in [-0.2, -0.15) is 5.26 Å². The molecule has 14 heavy (non-hydrogen) atoms. The number of halogens is 1. The lowest BCUT2D eigenvalue weighted by atomic mass is 9.88. The van der Waals surface area contributed by atoms with Crippen LogP contribution in [0.5, 0.6) is 0 Å². The zero-order chi connectivity index (χ0) is 10.8. The second-order valence-electron chi connectivity index (χ2n) is 4.70. The van der Waals surface area contributed by atoms with E-state index >= 15 is 0 Å². The Morgan fingerprint density at radius 3 is 2.43 bits per heavy atom. The second-order valence-corrected chi connectivity index (χ2v) is 4.70. The van der Waals surface area contributed by atoms with Gasteiger partial charge >= 0.3 is 0 Å². The minimum atomic E-state index is -0.330. The van der Waals surface area contributed by atoms with E-state index in [1.807, 2.05) is 6.07 Å². The van der Waals surface area contributed by atoms with Crippen LogP contribution < -0.4 is 0 Å². The van der Waals surface area contributed by atoms with Crippen molar-refractivity contribution in [2.75, 3.05) is 0 Å². The van der Waals surface area contributed by atoms with Crippen LogP contribution in [0.2, 0.25) is 0 Å². The minimum Gasteiger partial charge on any atom is -0.207 e. The Kier molecular flexibility index (Phi) is 2.90. The summed E-state index contributed by atoms with van der Waals surface area (Å²) in [7, 11) is 0. The number of hydrogen-bond acceptors (Lipinski definition) is 1. The maximum Gasteiger partial charge on any atom is 0.124 e. The van der Waals surface area contributed by atoms with Crippen LogP contribution in [0.25, 0.3) is 0 Å². The van der Waals surface area contributed by atoms with Crippen molar-refractivity contribution in [3.8, 4) is 6.07 Å². The normalized spacial score (nSPS) is 11.1. The van der Waals surface area contributed by atoms with Crippen LogP contribution >= 0.6 is 0 Å². The van der Waals surface area contributed by atoms with Gasteiger partial charge in [0.15, 0.2) is 0 Å². The van der Waals surface area contributed by atoms with E-state index in [1.54, 1.807) is 6.07 Å². The molecule has 74 valence electrons. The molecule has 0 fully saturated rings. The first kappa shape index (κ1) is 10.7. The summed E-state index contributed by atoms with van der Waals surface area (Å²) in [6.07, 6.45) is 0.777. The average Bonchev–Trinajstić information content (AvgIpc) is 1.99. The fourth-order valence-corrected chi connectivity index (χ4v) is 1.43. The Morgan fingerprint density at radius 1 is 1.29 bits per heavy atom. The van der Waals surface area contributed by atoms with Gasteiger partial charge in [0.2, 0.25) is 0 Å². The number of rotatable bonds is 1. The number of hydrogen-bond donors (Lipinski definition) is 0. The van der Waals surface area contributed by atoms with Crippen LogP contribution in [0.15, 0.2) is 18.2 Å². The lowest BCUT2D eigenvalue weighted by Crippen LogP contribution is -2.09. The maximum absolute atomic E-state index is 13.0. The SMILES string of the molecule is CC(C)(C)Cc1cc(F)cc(C#N)c1. The van der Waals surface area contributed by atoms with Gasteiger partial charge in [-0.05, 0) is 35.6 Å². The molecule has 0 bridgehead atoms. The highest BCUT2D eigenvalue weighted by Gasteiger charge is 2.12. The van der Waals surface area contributed by atoms with Crippen LogP contribution in [-0.2, 0) is 6.42 Å². The summed E-state index contributed by atoms with van der Waals surface area (Å²) >= 11 is 0. The van der Waals surface area contributed by atoms with E-state index in [-0.39, 0.29) is 11.2 Å². The van der Waals surface area contributed by atoms with Gasteiger partial charge in [-0.25, -0.2) is 4.39 Å². The zero-order valence-electron chi connectivity index (χ0n) is 8.76. The van der Waals surface area contributed by atoms with Gasteiger partial charge in [-0.3, -0.25) is 0 Å². The lowest BCUT2D eigenvalue weighted by Gasteiger charge is -2.18. The molecule has 0 unspecified atom stereocenters. The van der Waals surface area contributed by atoms with Gasteiger partial charge in [0.05, 0.1) is 11.6 Å². The van der Waals surface area contributed by atoms with Gasteiger partial charge in [-0.15, -0.1) is 0 Å². The van der Waals surface area contributed by atoms with E-state index in [4.69, 9.17) is 5.26 Å². The van der Waals surface area contributed by atoms with Crippen molar-refractivity contribution < 1.29 is 4.39 Å². The predicted molar refractivity (Wildman–Crippen MR) is 54.3 cm³/mol. The van der Waals surface area contributed by atoms with Crippen molar-refractivity contribution in [1.29, 1.82) is 5.26 Å². The third kappa shape index (κ3) is 3.18. The third-order valence-corrected chi connectivity index (χ3v) is 1.82. The topological polar surface area (TPSA) is 23.8 Å². The number of nitrogens with zero attached hydrogens (tertiary/aromatic N) is 1. The van der Waals surface area contributed by atoms with Crippen LogP contribution in [-0.4, -0.2) is 0 Å².